The molecule has 0 radical (unpaired) electrons. The molecule has 2 saturated carbocycles. The predicted octanol–water partition coefficient (Wildman–Crippen LogP) is 3.67. The number of nitrogens with zero attached hydrogens (tertiary/aromatic N) is 3. The number of pyridine rings is 1. The molecule has 2 aromatic rings. The van der Waals surface area contributed by atoms with E-state index in [4.69, 9.17) is 11.6 Å². The van der Waals surface area contributed by atoms with Gasteiger partial charge >= 0.3 is 5.97 Å². The lowest BCUT2D eigenvalue weighted by Crippen LogP contribution is -2.36. The van der Waals surface area contributed by atoms with Gasteiger partial charge < -0.3 is 19.5 Å². The van der Waals surface area contributed by atoms with Crippen molar-refractivity contribution in [3.63, 3.8) is 0 Å². The molecule has 1 N–H and O–H groups in total. The summed E-state index contributed by atoms with van der Waals surface area (Å²) in [7, 11) is 4.10. The zero-order valence-corrected chi connectivity index (χ0v) is 18.1. The van der Waals surface area contributed by atoms with Crippen LogP contribution < -0.4 is 10.3 Å². The van der Waals surface area contributed by atoms with Gasteiger partial charge in [0.25, 0.3) is 0 Å². The molecule has 2 aliphatic carbocycles. The topological polar surface area (TPSA) is 65.8 Å². The van der Waals surface area contributed by atoms with Crippen molar-refractivity contribution in [2.75, 3.05) is 32.1 Å². The molecule has 1 aliphatic heterocycles. The van der Waals surface area contributed by atoms with E-state index in [-0.39, 0.29) is 33.0 Å². The Morgan fingerprint density at radius 2 is 2.00 bits per heavy atom. The number of hydrogen-bond donors (Lipinski definition) is 1. The van der Waals surface area contributed by atoms with E-state index in [2.05, 4.69) is 19.0 Å². The molecule has 5 rings (SSSR count). The van der Waals surface area contributed by atoms with Crippen molar-refractivity contribution in [2.24, 2.45) is 5.41 Å². The number of aromatic carboxylic acids is 1. The summed E-state index contributed by atoms with van der Waals surface area (Å²) in [5.74, 6) is -1.83. The minimum atomic E-state index is -1.31. The maximum Gasteiger partial charge on any atom is 0.341 e. The summed E-state index contributed by atoms with van der Waals surface area (Å²) in [4.78, 5) is 28.8. The zero-order valence-electron chi connectivity index (χ0n) is 17.3. The first-order valence-electron chi connectivity index (χ1n) is 10.4. The number of halogens is 2. The summed E-state index contributed by atoms with van der Waals surface area (Å²) in [6, 6.07) is 0.410. The number of carboxylic acids is 1. The van der Waals surface area contributed by atoms with Crippen molar-refractivity contribution in [3.05, 3.63) is 38.4 Å². The monoisotopic (exact) mass is 433 g/mol. The average Bonchev–Trinajstić information content (AvgIpc) is 3.58. The van der Waals surface area contributed by atoms with Crippen LogP contribution in [0.1, 0.15) is 47.6 Å². The minimum absolute atomic E-state index is 0.0811. The largest absolute Gasteiger partial charge is 0.477 e. The van der Waals surface area contributed by atoms with Crippen LogP contribution >= 0.6 is 11.6 Å². The average molecular weight is 434 g/mol. The maximum atomic E-state index is 15.7. The summed E-state index contributed by atoms with van der Waals surface area (Å²) >= 11 is 6.82. The third-order valence-electron chi connectivity index (χ3n) is 7.17. The van der Waals surface area contributed by atoms with Gasteiger partial charge in [0, 0.05) is 42.3 Å². The Balaban J connectivity index is 1.76. The summed E-state index contributed by atoms with van der Waals surface area (Å²) in [5.41, 5.74) is 0.128. The van der Waals surface area contributed by atoms with Gasteiger partial charge in [-0.2, -0.15) is 0 Å². The van der Waals surface area contributed by atoms with Gasteiger partial charge in [0.15, 0.2) is 5.82 Å². The van der Waals surface area contributed by atoms with Gasteiger partial charge in [0.05, 0.1) is 21.6 Å². The van der Waals surface area contributed by atoms with Crippen LogP contribution in [0, 0.1) is 18.2 Å². The Morgan fingerprint density at radius 3 is 2.50 bits per heavy atom. The molecule has 8 heteroatoms. The lowest BCUT2D eigenvalue weighted by molar-refractivity contribution is 0.0695. The summed E-state index contributed by atoms with van der Waals surface area (Å²) in [6.07, 6.45) is 5.38. The van der Waals surface area contributed by atoms with Crippen LogP contribution in [-0.4, -0.2) is 53.8 Å². The van der Waals surface area contributed by atoms with Crippen molar-refractivity contribution in [2.45, 2.75) is 44.7 Å². The first-order valence-corrected chi connectivity index (χ1v) is 10.7. The minimum Gasteiger partial charge on any atom is -0.477 e. The Labute approximate surface area is 178 Å². The van der Waals surface area contributed by atoms with E-state index in [0.717, 1.165) is 32.2 Å². The Bertz CT molecular complexity index is 1150. The number of fused-ring (bicyclic) bond motifs is 1. The lowest BCUT2D eigenvalue weighted by Gasteiger charge is -2.26. The maximum absolute atomic E-state index is 15.7. The number of benzene rings is 1. The fourth-order valence-electron chi connectivity index (χ4n) is 5.26. The molecular weight excluding hydrogens is 409 g/mol. The van der Waals surface area contributed by atoms with Crippen molar-refractivity contribution in [1.29, 1.82) is 0 Å². The molecule has 1 saturated heterocycles. The van der Waals surface area contributed by atoms with Gasteiger partial charge in [0.1, 0.15) is 5.56 Å². The van der Waals surface area contributed by atoms with Gasteiger partial charge in [-0.15, -0.1) is 0 Å². The lowest BCUT2D eigenvalue weighted by atomic mass is 10.0. The highest BCUT2D eigenvalue weighted by Crippen LogP contribution is 2.56. The van der Waals surface area contributed by atoms with Crippen LogP contribution in [0.25, 0.3) is 10.9 Å². The molecule has 0 bridgehead atoms. The van der Waals surface area contributed by atoms with Crippen LogP contribution in [0.3, 0.4) is 0 Å². The Hall–Kier alpha value is -2.12. The van der Waals surface area contributed by atoms with Crippen molar-refractivity contribution in [1.82, 2.24) is 9.47 Å². The van der Waals surface area contributed by atoms with E-state index in [1.54, 1.807) is 11.5 Å². The number of aromatic nitrogens is 1. The van der Waals surface area contributed by atoms with Crippen LogP contribution in [0.2, 0.25) is 5.02 Å². The van der Waals surface area contributed by atoms with E-state index in [1.807, 2.05) is 4.90 Å². The number of anilines is 1. The molecule has 1 aromatic carbocycles. The Morgan fingerprint density at radius 1 is 1.33 bits per heavy atom. The van der Waals surface area contributed by atoms with Gasteiger partial charge in [-0.3, -0.25) is 4.79 Å². The number of likely N-dealkylation sites (N-methyl/N-ethyl adjacent to an activating group) is 1. The van der Waals surface area contributed by atoms with Gasteiger partial charge in [-0.25, -0.2) is 9.18 Å². The second-order valence-corrected chi connectivity index (χ2v) is 9.74. The smallest absolute Gasteiger partial charge is 0.341 e. The normalized spacial score (nSPS) is 22.5. The van der Waals surface area contributed by atoms with E-state index >= 15 is 4.39 Å². The number of hydrogen-bond acceptors (Lipinski definition) is 4. The van der Waals surface area contributed by atoms with E-state index in [9.17, 15) is 14.7 Å². The second kappa shape index (κ2) is 6.44. The molecule has 1 spiro atoms. The van der Waals surface area contributed by atoms with Gasteiger partial charge in [-0.1, -0.05) is 11.6 Å². The summed E-state index contributed by atoms with van der Waals surface area (Å²) in [6.45, 7) is 2.96. The SMILES string of the molecule is Cc1c(F)c(N2CC(N(C)C)C3(CC3)C2)c(Cl)c2c1c(=O)c(C(=O)O)cn2C1CC1. The molecule has 3 fully saturated rings. The highest BCUT2D eigenvalue weighted by Gasteiger charge is 2.56. The molecule has 30 heavy (non-hydrogen) atoms. The number of carboxylic acid groups (broad SMARTS) is 1. The van der Waals surface area contributed by atoms with Gasteiger partial charge in [0.2, 0.25) is 5.43 Å². The standard InChI is InChI=1S/C22H25ClFN3O3/c1-11-15-18(27(12-4-5-12)8-13(20(15)28)21(29)30)16(23)19(17(11)24)26-9-14(25(2)3)22(10-26)6-7-22/h8,12,14H,4-7,9-10H2,1-3H3,(H,29,30). The third-order valence-corrected chi connectivity index (χ3v) is 7.53. The molecule has 3 aliphatic rings. The molecule has 1 atom stereocenters. The molecule has 6 nitrogen and oxygen atoms in total. The van der Waals surface area contributed by atoms with Crippen LogP contribution in [0.4, 0.5) is 10.1 Å². The first-order chi connectivity index (χ1) is 14.2. The van der Waals surface area contributed by atoms with E-state index in [0.29, 0.717) is 23.8 Å². The highest BCUT2D eigenvalue weighted by molar-refractivity contribution is 6.38. The number of rotatable bonds is 4. The second-order valence-electron chi connectivity index (χ2n) is 9.36. The summed E-state index contributed by atoms with van der Waals surface area (Å²) < 4.78 is 17.5. The fourth-order valence-corrected chi connectivity index (χ4v) is 5.65. The first kappa shape index (κ1) is 19.8. The van der Waals surface area contributed by atoms with Crippen molar-refractivity contribution >= 4 is 34.2 Å². The van der Waals surface area contributed by atoms with Crippen LogP contribution in [0.5, 0.6) is 0 Å². The van der Waals surface area contributed by atoms with Crippen LogP contribution in [-0.2, 0) is 0 Å². The van der Waals surface area contributed by atoms with Crippen molar-refractivity contribution in [3.8, 4) is 0 Å². The van der Waals surface area contributed by atoms with Gasteiger partial charge in [-0.05, 0) is 46.7 Å². The molecule has 1 aromatic heterocycles. The molecule has 160 valence electrons. The fraction of sp³-hybridized carbons (Fsp3) is 0.545. The molecule has 2 heterocycles. The zero-order chi connectivity index (χ0) is 21.5. The van der Waals surface area contributed by atoms with E-state index < -0.39 is 17.2 Å². The Kier molecular flexibility index (Phi) is 4.25. The molecular formula is C22H25ClFN3O3. The van der Waals surface area contributed by atoms with Crippen molar-refractivity contribution < 1.29 is 14.3 Å². The highest BCUT2D eigenvalue weighted by atomic mass is 35.5. The summed E-state index contributed by atoms with van der Waals surface area (Å²) in [5, 5.41) is 9.79. The number of carbonyl (C=O) groups is 1. The predicted molar refractivity (Wildman–Crippen MR) is 114 cm³/mol. The molecule has 1 unspecified atom stereocenters. The van der Waals surface area contributed by atoms with E-state index in [1.165, 1.54) is 6.20 Å². The van der Waals surface area contributed by atoms with Crippen LogP contribution in [0.15, 0.2) is 11.0 Å². The molecule has 0 amide bonds. The third kappa shape index (κ3) is 2.71. The quantitative estimate of drug-likeness (QED) is 0.797. The number of aryl methyl sites for hydroxylation is 1.